The minimum Gasteiger partial charge on any atom is -0.370 e. The highest BCUT2D eigenvalue weighted by Crippen LogP contribution is 2.30. The second kappa shape index (κ2) is 10.1. The van der Waals surface area contributed by atoms with Crippen LogP contribution in [0.2, 0.25) is 0 Å². The van der Waals surface area contributed by atoms with Gasteiger partial charge in [0, 0.05) is 36.5 Å². The Hall–Kier alpha value is -2.69. The number of nitrogens with zero attached hydrogens (tertiary/aromatic N) is 4. The first-order valence-corrected chi connectivity index (χ1v) is 12.3. The number of hydrogen-bond donors (Lipinski definition) is 1. The zero-order chi connectivity index (χ0) is 22.4. The molecule has 3 rings (SSSR count). The SMILES string of the molecule is CCN(CC)S(=O)(=O)c1cccc(-c2nnc(SCCC(N)=O)n2-c2ccccc2)c1. The summed E-state index contributed by atoms with van der Waals surface area (Å²) in [5.74, 6) is 0.605. The van der Waals surface area contributed by atoms with E-state index < -0.39 is 10.0 Å². The molecule has 164 valence electrons. The highest BCUT2D eigenvalue weighted by atomic mass is 32.2. The van der Waals surface area contributed by atoms with E-state index in [-0.39, 0.29) is 17.2 Å². The number of benzene rings is 2. The van der Waals surface area contributed by atoms with Gasteiger partial charge >= 0.3 is 0 Å². The summed E-state index contributed by atoms with van der Waals surface area (Å²) in [6.45, 7) is 4.41. The Bertz CT molecular complexity index is 1140. The van der Waals surface area contributed by atoms with Crippen molar-refractivity contribution in [1.82, 2.24) is 19.1 Å². The third kappa shape index (κ3) is 5.15. The quantitative estimate of drug-likeness (QED) is 0.467. The Morgan fingerprint density at radius 2 is 1.77 bits per heavy atom. The number of carbonyl (C=O) groups is 1. The van der Waals surface area contributed by atoms with E-state index >= 15 is 0 Å². The molecule has 0 aliphatic carbocycles. The average Bonchev–Trinajstić information content (AvgIpc) is 3.19. The lowest BCUT2D eigenvalue weighted by Gasteiger charge is -2.19. The first-order valence-electron chi connectivity index (χ1n) is 9.91. The summed E-state index contributed by atoms with van der Waals surface area (Å²) >= 11 is 1.37. The summed E-state index contributed by atoms with van der Waals surface area (Å²) in [5, 5.41) is 9.22. The predicted molar refractivity (Wildman–Crippen MR) is 121 cm³/mol. The van der Waals surface area contributed by atoms with Gasteiger partial charge in [0.2, 0.25) is 15.9 Å². The summed E-state index contributed by atoms with van der Waals surface area (Å²) in [7, 11) is -3.61. The van der Waals surface area contributed by atoms with Crippen molar-refractivity contribution in [2.24, 2.45) is 5.73 Å². The van der Waals surface area contributed by atoms with Crippen LogP contribution in [0, 0.1) is 0 Å². The Balaban J connectivity index is 2.07. The molecule has 0 aliphatic rings. The van der Waals surface area contributed by atoms with Gasteiger partial charge in [-0.3, -0.25) is 9.36 Å². The molecule has 0 saturated heterocycles. The summed E-state index contributed by atoms with van der Waals surface area (Å²) in [4.78, 5) is 11.3. The second-order valence-electron chi connectivity index (χ2n) is 6.66. The van der Waals surface area contributed by atoms with Crippen molar-refractivity contribution in [3.8, 4) is 17.1 Å². The van der Waals surface area contributed by atoms with Crippen LogP contribution in [0.1, 0.15) is 20.3 Å². The van der Waals surface area contributed by atoms with Crippen LogP contribution in [0.5, 0.6) is 0 Å². The van der Waals surface area contributed by atoms with Crippen molar-refractivity contribution in [3.05, 3.63) is 54.6 Å². The number of aromatic nitrogens is 3. The van der Waals surface area contributed by atoms with Gasteiger partial charge in [0.05, 0.1) is 4.90 Å². The zero-order valence-corrected chi connectivity index (χ0v) is 19.1. The van der Waals surface area contributed by atoms with Crippen LogP contribution in [-0.4, -0.2) is 52.2 Å². The lowest BCUT2D eigenvalue weighted by atomic mass is 10.2. The molecular weight excluding hydrogens is 434 g/mol. The first kappa shape index (κ1) is 23.0. The number of primary amides is 1. The maximum Gasteiger partial charge on any atom is 0.243 e. The number of nitrogens with two attached hydrogens (primary N) is 1. The first-order chi connectivity index (χ1) is 14.9. The summed E-state index contributed by atoms with van der Waals surface area (Å²) in [6.07, 6.45) is 0.221. The van der Waals surface area contributed by atoms with Gasteiger partial charge in [-0.1, -0.05) is 55.9 Å². The normalized spacial score (nSPS) is 11.7. The molecule has 0 unspecified atom stereocenters. The molecule has 0 bridgehead atoms. The van der Waals surface area contributed by atoms with Crippen molar-refractivity contribution < 1.29 is 13.2 Å². The maximum atomic E-state index is 13.0. The van der Waals surface area contributed by atoms with Gasteiger partial charge in [-0.15, -0.1) is 10.2 Å². The molecule has 0 fully saturated rings. The van der Waals surface area contributed by atoms with Crippen molar-refractivity contribution in [2.75, 3.05) is 18.8 Å². The van der Waals surface area contributed by atoms with Gasteiger partial charge < -0.3 is 5.73 Å². The molecule has 0 atom stereocenters. The molecule has 8 nitrogen and oxygen atoms in total. The molecule has 1 amide bonds. The van der Waals surface area contributed by atoms with Gasteiger partial charge in [-0.2, -0.15) is 4.31 Å². The number of carbonyl (C=O) groups excluding carboxylic acids is 1. The molecule has 1 heterocycles. The van der Waals surface area contributed by atoms with Gasteiger partial charge in [0.15, 0.2) is 11.0 Å². The van der Waals surface area contributed by atoms with E-state index in [9.17, 15) is 13.2 Å². The van der Waals surface area contributed by atoms with Crippen LogP contribution < -0.4 is 5.73 Å². The third-order valence-electron chi connectivity index (χ3n) is 4.66. The van der Waals surface area contributed by atoms with Crippen LogP contribution in [0.3, 0.4) is 0 Å². The molecule has 0 spiro atoms. The molecular formula is C21H25N5O3S2. The van der Waals surface area contributed by atoms with Gasteiger partial charge in [0.25, 0.3) is 0 Å². The second-order valence-corrected chi connectivity index (χ2v) is 9.66. The molecule has 0 aliphatic heterocycles. The highest BCUT2D eigenvalue weighted by molar-refractivity contribution is 7.99. The molecule has 1 aromatic heterocycles. The Morgan fingerprint density at radius 3 is 2.42 bits per heavy atom. The standard InChI is InChI=1S/C21H25N5O3S2/c1-3-25(4-2)31(28,29)18-12-8-9-16(15-18)20-23-24-21(30-14-13-19(22)27)26(20)17-10-6-5-7-11-17/h5-12,15H,3-4,13-14H2,1-2H3,(H2,22,27). The van der Waals surface area contributed by atoms with Crippen molar-refractivity contribution >= 4 is 27.7 Å². The van der Waals surface area contributed by atoms with Gasteiger partial charge in [-0.25, -0.2) is 8.42 Å². The van der Waals surface area contributed by atoms with Crippen LogP contribution in [0.15, 0.2) is 64.6 Å². The van der Waals surface area contributed by atoms with Crippen molar-refractivity contribution in [1.29, 1.82) is 0 Å². The number of amides is 1. The number of thioether (sulfide) groups is 1. The lowest BCUT2D eigenvalue weighted by Crippen LogP contribution is -2.30. The molecule has 10 heteroatoms. The highest BCUT2D eigenvalue weighted by Gasteiger charge is 2.23. The van der Waals surface area contributed by atoms with Crippen LogP contribution in [-0.2, 0) is 14.8 Å². The lowest BCUT2D eigenvalue weighted by molar-refractivity contribution is -0.117. The minimum atomic E-state index is -3.61. The van der Waals surface area contributed by atoms with Gasteiger partial charge in [-0.05, 0) is 24.3 Å². The number of para-hydroxylation sites is 1. The molecule has 3 aromatic rings. The molecule has 0 saturated carbocycles. The smallest absolute Gasteiger partial charge is 0.243 e. The monoisotopic (exact) mass is 459 g/mol. The largest absolute Gasteiger partial charge is 0.370 e. The van der Waals surface area contributed by atoms with Crippen LogP contribution in [0.4, 0.5) is 0 Å². The summed E-state index contributed by atoms with van der Waals surface area (Å²) < 4.78 is 29.2. The van der Waals surface area contributed by atoms with E-state index in [2.05, 4.69) is 10.2 Å². The molecule has 2 aromatic carbocycles. The zero-order valence-electron chi connectivity index (χ0n) is 17.4. The molecule has 31 heavy (non-hydrogen) atoms. The van der Waals surface area contributed by atoms with E-state index in [1.807, 2.05) is 54.8 Å². The number of hydrogen-bond acceptors (Lipinski definition) is 6. The van der Waals surface area contributed by atoms with Crippen LogP contribution in [0.25, 0.3) is 17.1 Å². The topological polar surface area (TPSA) is 111 Å². The van der Waals surface area contributed by atoms with Gasteiger partial charge in [0.1, 0.15) is 0 Å². The van der Waals surface area contributed by atoms with Crippen molar-refractivity contribution in [2.45, 2.75) is 30.3 Å². The number of rotatable bonds is 10. The third-order valence-corrected chi connectivity index (χ3v) is 7.64. The van der Waals surface area contributed by atoms with E-state index in [0.717, 1.165) is 5.69 Å². The summed E-state index contributed by atoms with van der Waals surface area (Å²) in [5.41, 5.74) is 6.72. The number of sulfonamides is 1. The fourth-order valence-corrected chi connectivity index (χ4v) is 5.52. The van der Waals surface area contributed by atoms with E-state index in [0.29, 0.717) is 35.4 Å². The Labute approximate surface area is 186 Å². The predicted octanol–water partition coefficient (Wildman–Crippen LogP) is 2.93. The fraction of sp³-hybridized carbons (Fsp3) is 0.286. The Morgan fingerprint density at radius 1 is 1.06 bits per heavy atom. The van der Waals surface area contributed by atoms with Crippen LogP contribution >= 0.6 is 11.8 Å². The van der Waals surface area contributed by atoms with E-state index in [4.69, 9.17) is 5.73 Å². The molecule has 0 radical (unpaired) electrons. The fourth-order valence-electron chi connectivity index (χ4n) is 3.11. The average molecular weight is 460 g/mol. The van der Waals surface area contributed by atoms with Crippen molar-refractivity contribution in [3.63, 3.8) is 0 Å². The summed E-state index contributed by atoms with van der Waals surface area (Å²) in [6, 6.07) is 16.3. The molecule has 2 N–H and O–H groups in total. The Kier molecular flexibility index (Phi) is 7.47. The van der Waals surface area contributed by atoms with E-state index in [1.165, 1.54) is 16.1 Å². The maximum absolute atomic E-state index is 13.0. The van der Waals surface area contributed by atoms with E-state index in [1.54, 1.807) is 18.2 Å². The minimum absolute atomic E-state index is 0.208.